The third-order valence-electron chi connectivity index (χ3n) is 5.50. The maximum Gasteiger partial charge on any atom is 0.0687 e. The fourth-order valence-corrected chi connectivity index (χ4v) is 4.44. The number of alkyl halides is 1. The van der Waals surface area contributed by atoms with Crippen LogP contribution in [0.4, 0.5) is 0 Å². The molecule has 0 aromatic carbocycles. The molecule has 1 aliphatic carbocycles. The molecule has 2 atom stereocenters. The van der Waals surface area contributed by atoms with E-state index < -0.39 is 0 Å². The van der Waals surface area contributed by atoms with E-state index in [4.69, 9.17) is 4.74 Å². The first-order valence-corrected chi connectivity index (χ1v) is 8.86. The molecule has 0 aromatic rings. The largest absolute Gasteiger partial charge is 0.372 e. The molecule has 1 saturated heterocycles. The van der Waals surface area contributed by atoms with Crippen molar-refractivity contribution in [2.24, 2.45) is 11.3 Å². The Hall–Kier alpha value is 0.440. The summed E-state index contributed by atoms with van der Waals surface area (Å²) in [6, 6.07) is 0. The minimum Gasteiger partial charge on any atom is -0.372 e. The van der Waals surface area contributed by atoms with Crippen LogP contribution in [0.15, 0.2) is 0 Å². The van der Waals surface area contributed by atoms with Gasteiger partial charge >= 0.3 is 0 Å². The summed E-state index contributed by atoms with van der Waals surface area (Å²) >= 11 is 3.71. The van der Waals surface area contributed by atoms with Crippen molar-refractivity contribution in [2.75, 3.05) is 5.33 Å². The zero-order valence-corrected chi connectivity index (χ0v) is 13.9. The van der Waals surface area contributed by atoms with Crippen molar-refractivity contribution >= 4 is 15.9 Å². The van der Waals surface area contributed by atoms with Gasteiger partial charge in [0.15, 0.2) is 0 Å². The number of rotatable bonds is 4. The average molecular weight is 317 g/mol. The third kappa shape index (κ3) is 3.12. The minimum atomic E-state index is 0.285. The highest BCUT2D eigenvalue weighted by Gasteiger charge is 2.43. The molecule has 2 heteroatoms. The molecule has 0 bridgehead atoms. The lowest BCUT2D eigenvalue weighted by atomic mass is 9.76. The summed E-state index contributed by atoms with van der Waals surface area (Å²) < 4.78 is 6.52. The SMILES string of the molecule is CC(C)C(C)(CBr)CC1CCC2(CCCCC2)O1. The van der Waals surface area contributed by atoms with Crippen molar-refractivity contribution in [3.05, 3.63) is 0 Å². The molecule has 1 spiro atoms. The van der Waals surface area contributed by atoms with Crippen LogP contribution in [-0.2, 0) is 4.74 Å². The Morgan fingerprint density at radius 3 is 2.44 bits per heavy atom. The summed E-state index contributed by atoms with van der Waals surface area (Å²) in [5.74, 6) is 0.711. The van der Waals surface area contributed by atoms with Crippen molar-refractivity contribution < 1.29 is 4.74 Å². The monoisotopic (exact) mass is 316 g/mol. The molecule has 1 saturated carbocycles. The Balaban J connectivity index is 1.92. The molecule has 0 aromatic heterocycles. The van der Waals surface area contributed by atoms with E-state index in [9.17, 15) is 0 Å². The highest BCUT2D eigenvalue weighted by Crippen LogP contribution is 2.46. The highest BCUT2D eigenvalue weighted by molar-refractivity contribution is 9.09. The topological polar surface area (TPSA) is 9.23 Å². The van der Waals surface area contributed by atoms with E-state index in [-0.39, 0.29) is 5.60 Å². The Morgan fingerprint density at radius 1 is 1.22 bits per heavy atom. The molecule has 1 heterocycles. The number of hydrogen-bond donors (Lipinski definition) is 0. The van der Waals surface area contributed by atoms with Gasteiger partial charge in [0.2, 0.25) is 0 Å². The fourth-order valence-electron chi connectivity index (χ4n) is 3.57. The highest BCUT2D eigenvalue weighted by atomic mass is 79.9. The van der Waals surface area contributed by atoms with E-state index in [0.717, 1.165) is 5.33 Å². The van der Waals surface area contributed by atoms with Crippen molar-refractivity contribution in [1.82, 2.24) is 0 Å². The molecule has 2 fully saturated rings. The van der Waals surface area contributed by atoms with E-state index in [1.165, 1.54) is 51.4 Å². The summed E-state index contributed by atoms with van der Waals surface area (Å²) in [4.78, 5) is 0. The Bertz CT molecular complexity index is 270. The van der Waals surface area contributed by atoms with Crippen LogP contribution in [0.5, 0.6) is 0 Å². The third-order valence-corrected chi connectivity index (χ3v) is 6.78. The standard InChI is InChI=1S/C16H29BrO/c1-13(2)15(3,12-17)11-14-7-10-16(18-14)8-5-4-6-9-16/h13-14H,4-12H2,1-3H3. The number of halogens is 1. The van der Waals surface area contributed by atoms with Crippen LogP contribution in [0, 0.1) is 11.3 Å². The van der Waals surface area contributed by atoms with Crippen LogP contribution in [0.3, 0.4) is 0 Å². The first-order chi connectivity index (χ1) is 8.50. The lowest BCUT2D eigenvalue weighted by Gasteiger charge is -2.37. The summed E-state index contributed by atoms with van der Waals surface area (Å²) in [5, 5.41) is 1.09. The second-order valence-electron chi connectivity index (χ2n) is 7.17. The van der Waals surface area contributed by atoms with Gasteiger partial charge in [-0.1, -0.05) is 56.0 Å². The molecule has 1 nitrogen and oxygen atoms in total. The predicted molar refractivity (Wildman–Crippen MR) is 81.3 cm³/mol. The van der Waals surface area contributed by atoms with Gasteiger partial charge in [0, 0.05) is 5.33 Å². The Kier molecular flexibility index (Phi) is 4.80. The first kappa shape index (κ1) is 14.8. The Labute approximate surface area is 121 Å². The van der Waals surface area contributed by atoms with Gasteiger partial charge in [0.25, 0.3) is 0 Å². The molecular weight excluding hydrogens is 288 g/mol. The van der Waals surface area contributed by atoms with Crippen LogP contribution in [0.2, 0.25) is 0 Å². The summed E-state index contributed by atoms with van der Waals surface area (Å²) in [6.45, 7) is 7.08. The van der Waals surface area contributed by atoms with Gasteiger partial charge in [-0.2, -0.15) is 0 Å². The predicted octanol–water partition coefficient (Wildman–Crippen LogP) is 5.32. The number of ether oxygens (including phenoxy) is 1. The van der Waals surface area contributed by atoms with Gasteiger partial charge in [-0.15, -0.1) is 0 Å². The van der Waals surface area contributed by atoms with E-state index in [2.05, 4.69) is 36.7 Å². The van der Waals surface area contributed by atoms with Crippen molar-refractivity contribution in [3.63, 3.8) is 0 Å². The maximum absolute atomic E-state index is 6.52. The zero-order chi connectivity index (χ0) is 13.2. The molecule has 0 N–H and O–H groups in total. The molecule has 1 aliphatic heterocycles. The van der Waals surface area contributed by atoms with Gasteiger partial charge in [-0.05, 0) is 43.4 Å². The molecule has 0 radical (unpaired) electrons. The lowest BCUT2D eigenvalue weighted by molar-refractivity contribution is -0.0772. The molecular formula is C16H29BrO. The lowest BCUT2D eigenvalue weighted by Crippen LogP contribution is -2.34. The van der Waals surface area contributed by atoms with E-state index >= 15 is 0 Å². The van der Waals surface area contributed by atoms with E-state index in [0.29, 0.717) is 17.4 Å². The molecule has 0 amide bonds. The second-order valence-corrected chi connectivity index (χ2v) is 7.73. The summed E-state index contributed by atoms with van der Waals surface area (Å²) in [7, 11) is 0. The first-order valence-electron chi connectivity index (χ1n) is 7.73. The Morgan fingerprint density at radius 2 is 1.89 bits per heavy atom. The van der Waals surface area contributed by atoms with Crippen molar-refractivity contribution in [3.8, 4) is 0 Å². The zero-order valence-electron chi connectivity index (χ0n) is 12.3. The molecule has 2 rings (SSSR count). The van der Waals surface area contributed by atoms with E-state index in [1.54, 1.807) is 0 Å². The van der Waals surface area contributed by atoms with Crippen molar-refractivity contribution in [1.29, 1.82) is 0 Å². The van der Waals surface area contributed by atoms with Crippen LogP contribution >= 0.6 is 15.9 Å². The summed E-state index contributed by atoms with van der Waals surface area (Å²) in [5.41, 5.74) is 0.665. The van der Waals surface area contributed by atoms with Crippen LogP contribution in [-0.4, -0.2) is 17.0 Å². The van der Waals surface area contributed by atoms with Crippen LogP contribution in [0.25, 0.3) is 0 Å². The second kappa shape index (κ2) is 5.83. The van der Waals surface area contributed by atoms with Gasteiger partial charge in [0.1, 0.15) is 0 Å². The molecule has 106 valence electrons. The van der Waals surface area contributed by atoms with E-state index in [1.807, 2.05) is 0 Å². The normalized spacial score (nSPS) is 30.8. The van der Waals surface area contributed by atoms with Crippen LogP contribution < -0.4 is 0 Å². The minimum absolute atomic E-state index is 0.285. The maximum atomic E-state index is 6.52. The number of hydrogen-bond acceptors (Lipinski definition) is 1. The molecule has 18 heavy (non-hydrogen) atoms. The summed E-state index contributed by atoms with van der Waals surface area (Å²) in [6.07, 6.45) is 11.1. The van der Waals surface area contributed by atoms with Crippen LogP contribution in [0.1, 0.15) is 72.1 Å². The fraction of sp³-hybridized carbons (Fsp3) is 1.00. The average Bonchev–Trinajstić information content (AvgIpc) is 2.72. The smallest absolute Gasteiger partial charge is 0.0687 e. The molecule has 2 unspecified atom stereocenters. The van der Waals surface area contributed by atoms with Gasteiger partial charge in [-0.25, -0.2) is 0 Å². The molecule has 2 aliphatic rings. The van der Waals surface area contributed by atoms with Crippen molar-refractivity contribution in [2.45, 2.75) is 83.8 Å². The quantitative estimate of drug-likeness (QED) is 0.638. The van der Waals surface area contributed by atoms with Gasteiger partial charge in [0.05, 0.1) is 11.7 Å². The van der Waals surface area contributed by atoms with Gasteiger partial charge in [-0.3, -0.25) is 0 Å². The van der Waals surface area contributed by atoms with Gasteiger partial charge < -0.3 is 4.74 Å².